The Balaban J connectivity index is 3.07. The van der Waals surface area contributed by atoms with E-state index in [0.29, 0.717) is 11.3 Å². The molecule has 4 heteroatoms. The van der Waals surface area contributed by atoms with Crippen molar-refractivity contribution in [1.29, 1.82) is 0 Å². The predicted octanol–water partition coefficient (Wildman–Crippen LogP) is 2.23. The molecule has 0 fully saturated rings. The van der Waals surface area contributed by atoms with E-state index in [1.165, 1.54) is 11.8 Å². The first-order valence-corrected chi connectivity index (χ1v) is 5.47. The van der Waals surface area contributed by atoms with Gasteiger partial charge in [-0.25, -0.2) is 4.79 Å². The lowest BCUT2D eigenvalue weighted by Gasteiger charge is -2.18. The minimum atomic E-state index is -0.413. The summed E-state index contributed by atoms with van der Waals surface area (Å²) in [5.41, 5.74) is 0.963. The van der Waals surface area contributed by atoms with Crippen molar-refractivity contribution in [3.05, 3.63) is 29.8 Å². The normalized spacial score (nSPS) is 10.2. The number of amides is 1. The van der Waals surface area contributed by atoms with Crippen LogP contribution in [-0.4, -0.2) is 25.0 Å². The molecule has 0 heterocycles. The Labute approximate surface area is 101 Å². The Bertz CT molecular complexity index is 426. The van der Waals surface area contributed by atoms with Crippen LogP contribution in [0.4, 0.5) is 5.69 Å². The maximum absolute atomic E-state index is 11.8. The first-order chi connectivity index (χ1) is 7.93. The summed E-state index contributed by atoms with van der Waals surface area (Å²) in [6.07, 6.45) is -0.182. The third-order valence-corrected chi connectivity index (χ3v) is 2.30. The molecule has 0 atom stereocenters. The second-order valence-electron chi connectivity index (χ2n) is 4.05. The highest BCUT2D eigenvalue weighted by molar-refractivity contribution is 6.01. The highest BCUT2D eigenvalue weighted by Crippen LogP contribution is 2.20. The lowest BCUT2D eigenvalue weighted by molar-refractivity contribution is -0.116. The van der Waals surface area contributed by atoms with Gasteiger partial charge in [-0.15, -0.1) is 0 Å². The quantitative estimate of drug-likeness (QED) is 0.755. The number of ether oxygens (including phenoxy) is 1. The standard InChI is InChI=1S/C13H17NO3/c1-9(2)17-13(16)11-7-5-6-8-12(11)14(4)10(3)15/h5-9H,1-4H3. The molecule has 0 unspecified atom stereocenters. The number of carbonyl (C=O) groups excluding carboxylic acids is 2. The topological polar surface area (TPSA) is 46.6 Å². The van der Waals surface area contributed by atoms with Crippen LogP contribution in [0.25, 0.3) is 0 Å². The fraction of sp³-hybridized carbons (Fsp3) is 0.385. The fourth-order valence-electron chi connectivity index (χ4n) is 1.39. The van der Waals surface area contributed by atoms with Crippen molar-refractivity contribution >= 4 is 17.6 Å². The van der Waals surface area contributed by atoms with Crippen LogP contribution in [0.1, 0.15) is 31.1 Å². The molecule has 0 saturated carbocycles. The van der Waals surface area contributed by atoms with Crippen molar-refractivity contribution < 1.29 is 14.3 Å². The molecule has 0 aliphatic rings. The third kappa shape index (κ3) is 3.31. The van der Waals surface area contributed by atoms with Crippen LogP contribution in [0.5, 0.6) is 0 Å². The van der Waals surface area contributed by atoms with Crippen LogP contribution in [0, 0.1) is 0 Å². The van der Waals surface area contributed by atoms with Gasteiger partial charge in [0.25, 0.3) is 0 Å². The monoisotopic (exact) mass is 235 g/mol. The van der Waals surface area contributed by atoms with Crippen molar-refractivity contribution in [3.8, 4) is 0 Å². The summed E-state index contributed by atoms with van der Waals surface area (Å²) >= 11 is 0. The van der Waals surface area contributed by atoms with Gasteiger partial charge in [-0.2, -0.15) is 0 Å². The SMILES string of the molecule is CC(=O)N(C)c1ccccc1C(=O)OC(C)C. The summed E-state index contributed by atoms with van der Waals surface area (Å²) in [7, 11) is 1.63. The average Bonchev–Trinajstić information content (AvgIpc) is 2.27. The predicted molar refractivity (Wildman–Crippen MR) is 66.1 cm³/mol. The van der Waals surface area contributed by atoms with Crippen molar-refractivity contribution in [3.63, 3.8) is 0 Å². The van der Waals surface area contributed by atoms with Crippen LogP contribution in [0.3, 0.4) is 0 Å². The lowest BCUT2D eigenvalue weighted by Crippen LogP contribution is -2.25. The third-order valence-electron chi connectivity index (χ3n) is 2.30. The second-order valence-corrected chi connectivity index (χ2v) is 4.05. The van der Waals surface area contributed by atoms with Crippen molar-refractivity contribution in [1.82, 2.24) is 0 Å². The largest absolute Gasteiger partial charge is 0.459 e. The molecule has 4 nitrogen and oxygen atoms in total. The van der Waals surface area contributed by atoms with E-state index >= 15 is 0 Å². The molecule has 1 aromatic carbocycles. The first-order valence-electron chi connectivity index (χ1n) is 5.47. The molecular formula is C13H17NO3. The molecule has 0 aliphatic carbocycles. The maximum Gasteiger partial charge on any atom is 0.340 e. The van der Waals surface area contributed by atoms with Gasteiger partial charge in [0.15, 0.2) is 0 Å². The molecule has 0 aromatic heterocycles. The van der Waals surface area contributed by atoms with Gasteiger partial charge in [-0.1, -0.05) is 12.1 Å². The molecule has 1 amide bonds. The number of carbonyl (C=O) groups is 2. The molecule has 0 aliphatic heterocycles. The fourth-order valence-corrected chi connectivity index (χ4v) is 1.39. The van der Waals surface area contributed by atoms with E-state index < -0.39 is 5.97 Å². The Morgan fingerprint density at radius 1 is 1.24 bits per heavy atom. The molecule has 17 heavy (non-hydrogen) atoms. The zero-order valence-corrected chi connectivity index (χ0v) is 10.6. The van der Waals surface area contributed by atoms with Gasteiger partial charge >= 0.3 is 5.97 Å². The van der Waals surface area contributed by atoms with E-state index in [-0.39, 0.29) is 12.0 Å². The molecule has 0 spiro atoms. The number of rotatable bonds is 3. The van der Waals surface area contributed by atoms with Crippen molar-refractivity contribution in [2.45, 2.75) is 26.9 Å². The summed E-state index contributed by atoms with van der Waals surface area (Å²) in [4.78, 5) is 24.6. The van der Waals surface area contributed by atoms with Crippen molar-refractivity contribution in [2.24, 2.45) is 0 Å². The second kappa shape index (κ2) is 5.48. The molecule has 1 rings (SSSR count). The van der Waals surface area contributed by atoms with Gasteiger partial charge in [0, 0.05) is 14.0 Å². The van der Waals surface area contributed by atoms with E-state index in [0.717, 1.165) is 0 Å². The zero-order chi connectivity index (χ0) is 13.0. The number of benzene rings is 1. The van der Waals surface area contributed by atoms with Gasteiger partial charge in [-0.3, -0.25) is 4.79 Å². The summed E-state index contributed by atoms with van der Waals surface area (Å²) in [6.45, 7) is 5.02. The van der Waals surface area contributed by atoms with Crippen molar-refractivity contribution in [2.75, 3.05) is 11.9 Å². The molecule has 0 saturated heterocycles. The Kier molecular flexibility index (Phi) is 4.26. The first kappa shape index (κ1) is 13.2. The molecule has 0 bridgehead atoms. The van der Waals surface area contributed by atoms with E-state index in [4.69, 9.17) is 4.74 Å². The highest BCUT2D eigenvalue weighted by Gasteiger charge is 2.17. The van der Waals surface area contributed by atoms with Gasteiger partial charge in [0.2, 0.25) is 5.91 Å². The average molecular weight is 235 g/mol. The van der Waals surface area contributed by atoms with E-state index in [1.807, 2.05) is 0 Å². The number of anilines is 1. The van der Waals surface area contributed by atoms with E-state index in [1.54, 1.807) is 45.2 Å². The Hall–Kier alpha value is -1.84. The number of para-hydroxylation sites is 1. The lowest BCUT2D eigenvalue weighted by atomic mass is 10.1. The number of hydrogen-bond donors (Lipinski definition) is 0. The Morgan fingerprint density at radius 2 is 1.82 bits per heavy atom. The van der Waals surface area contributed by atoms with Gasteiger partial charge < -0.3 is 9.64 Å². The Morgan fingerprint density at radius 3 is 2.35 bits per heavy atom. The van der Waals surface area contributed by atoms with E-state index in [2.05, 4.69) is 0 Å². The summed E-state index contributed by atoms with van der Waals surface area (Å²) in [5, 5.41) is 0. The van der Waals surface area contributed by atoms with Crippen LogP contribution in [-0.2, 0) is 9.53 Å². The van der Waals surface area contributed by atoms with Crippen LogP contribution in [0.2, 0.25) is 0 Å². The zero-order valence-electron chi connectivity index (χ0n) is 10.6. The maximum atomic E-state index is 11.8. The van der Waals surface area contributed by atoms with Crippen LogP contribution >= 0.6 is 0 Å². The van der Waals surface area contributed by atoms with Gasteiger partial charge in [-0.05, 0) is 26.0 Å². The molecule has 0 N–H and O–H groups in total. The molecule has 1 aromatic rings. The van der Waals surface area contributed by atoms with Crippen LogP contribution in [0.15, 0.2) is 24.3 Å². The molecule has 0 radical (unpaired) electrons. The summed E-state index contributed by atoms with van der Waals surface area (Å²) in [5.74, 6) is -0.543. The molecular weight excluding hydrogens is 218 g/mol. The highest BCUT2D eigenvalue weighted by atomic mass is 16.5. The van der Waals surface area contributed by atoms with Gasteiger partial charge in [0.05, 0.1) is 17.4 Å². The number of esters is 1. The summed E-state index contributed by atoms with van der Waals surface area (Å²) in [6, 6.07) is 6.90. The van der Waals surface area contributed by atoms with Gasteiger partial charge in [0.1, 0.15) is 0 Å². The van der Waals surface area contributed by atoms with E-state index in [9.17, 15) is 9.59 Å². The minimum Gasteiger partial charge on any atom is -0.459 e. The number of hydrogen-bond acceptors (Lipinski definition) is 3. The minimum absolute atomic E-state index is 0.130. The number of nitrogens with zero attached hydrogens (tertiary/aromatic N) is 1. The smallest absolute Gasteiger partial charge is 0.340 e. The summed E-state index contributed by atoms with van der Waals surface area (Å²) < 4.78 is 5.13. The molecule has 92 valence electrons. The van der Waals surface area contributed by atoms with Crippen LogP contribution < -0.4 is 4.90 Å².